The maximum atomic E-state index is 15.0. The summed E-state index contributed by atoms with van der Waals surface area (Å²) in [5.74, 6) is -2.26. The number of nitrogens with zero attached hydrogens (tertiary/aromatic N) is 6. The Morgan fingerprint density at radius 3 is 2.14 bits per heavy atom. The number of carbonyl (C=O) groups excluding carboxylic acids is 2. The van der Waals surface area contributed by atoms with Gasteiger partial charge in [-0.15, -0.1) is 0 Å². The summed E-state index contributed by atoms with van der Waals surface area (Å²) in [5.41, 5.74) is 0.504. The first-order valence-corrected chi connectivity index (χ1v) is 24.8. The molecule has 3 unspecified atom stereocenters. The predicted octanol–water partition coefficient (Wildman–Crippen LogP) is 9.23. The quantitative estimate of drug-likeness (QED) is 0.0712. The van der Waals surface area contributed by atoms with Gasteiger partial charge in [-0.05, 0) is 81.3 Å². The summed E-state index contributed by atoms with van der Waals surface area (Å²) in [6, 6.07) is 6.18. The van der Waals surface area contributed by atoms with Gasteiger partial charge in [-0.3, -0.25) is 23.2 Å². The molecule has 0 bridgehead atoms. The number of aromatic nitrogens is 5. The van der Waals surface area contributed by atoms with E-state index in [0.717, 1.165) is 18.4 Å². The molecule has 25 heteroatoms. The highest BCUT2D eigenvalue weighted by atomic mass is 35.5. The monoisotopic (exact) mass is 1050 g/mol. The largest absolute Gasteiger partial charge is 0.435 e. The van der Waals surface area contributed by atoms with Crippen LogP contribution < -0.4 is 15.4 Å². The lowest BCUT2D eigenvalue weighted by Crippen LogP contribution is -2.35. The summed E-state index contributed by atoms with van der Waals surface area (Å²) < 4.78 is 169. The van der Waals surface area contributed by atoms with E-state index in [1.807, 2.05) is 13.8 Å². The van der Waals surface area contributed by atoms with Gasteiger partial charge in [-0.2, -0.15) is 45.3 Å². The number of rotatable bonds is 12. The predicted molar refractivity (Wildman–Crippen MR) is 245 cm³/mol. The van der Waals surface area contributed by atoms with E-state index in [1.165, 1.54) is 49.8 Å². The van der Waals surface area contributed by atoms with Gasteiger partial charge in [0.25, 0.3) is 5.92 Å². The zero-order chi connectivity index (χ0) is 52.3. The third kappa shape index (κ3) is 12.9. The minimum absolute atomic E-state index is 0.0519. The minimum Gasteiger partial charge on any atom is -0.346 e. The van der Waals surface area contributed by atoms with E-state index >= 15 is 8.78 Å². The van der Waals surface area contributed by atoms with Crippen molar-refractivity contribution in [3.63, 3.8) is 0 Å². The van der Waals surface area contributed by atoms with E-state index in [-0.39, 0.29) is 49.6 Å². The number of pyridine rings is 1. The molecule has 0 saturated heterocycles. The van der Waals surface area contributed by atoms with Crippen molar-refractivity contribution in [2.75, 3.05) is 16.8 Å². The van der Waals surface area contributed by atoms with Gasteiger partial charge in [0.2, 0.25) is 12.3 Å². The normalized spacial score (nSPS) is 15.7. The minimum atomic E-state index is -5.17. The van der Waals surface area contributed by atoms with Crippen molar-refractivity contribution in [1.82, 2.24) is 29.9 Å². The number of carbonyl (C=O) groups is 2. The van der Waals surface area contributed by atoms with E-state index in [9.17, 15) is 53.1 Å². The molecule has 2 aromatic carbocycles. The Morgan fingerprint density at radius 2 is 1.61 bits per heavy atom. The molecule has 3 heterocycles. The SMILES string of the molecule is CC.CS(=O)N(C=O)c1nn(CC(F)(F)F)c2c(-c3ccc(C#CC(C)(C)S(C)=O)nc3C(Cc3cc(F)cc(F)c3)NC(=O)Cn3nc(C(F)(F)F)c4c3C(F)(F)CC4)ccc(Cl)c12.NC1CCC1. The number of amides is 2. The van der Waals surface area contributed by atoms with Crippen LogP contribution in [0.15, 0.2) is 42.5 Å². The van der Waals surface area contributed by atoms with Crippen LogP contribution in [0.2, 0.25) is 5.02 Å². The molecule has 2 amide bonds. The molecular formula is C45H47ClF10N8O4S2. The average molecular weight is 1050 g/mol. The average Bonchev–Trinajstić information content (AvgIpc) is 3.91. The number of hydrogen-bond donors (Lipinski definition) is 2. The summed E-state index contributed by atoms with van der Waals surface area (Å²) >= 11 is 6.53. The Balaban J connectivity index is 0.00000121. The fourth-order valence-electron chi connectivity index (χ4n) is 7.36. The highest BCUT2D eigenvalue weighted by Gasteiger charge is 2.50. The first-order valence-electron chi connectivity index (χ1n) is 21.4. The molecule has 0 radical (unpaired) electrons. The Labute approximate surface area is 405 Å². The smallest absolute Gasteiger partial charge is 0.346 e. The van der Waals surface area contributed by atoms with E-state index in [0.29, 0.717) is 21.1 Å². The lowest BCUT2D eigenvalue weighted by atomic mass is 9.93. The molecule has 3 N–H and O–H groups in total. The number of nitrogens with two attached hydrogens (primary N) is 1. The van der Waals surface area contributed by atoms with Crippen molar-refractivity contribution < 1.29 is 61.9 Å². The van der Waals surface area contributed by atoms with Gasteiger partial charge in [0.1, 0.15) is 51.8 Å². The number of nitrogens with one attached hydrogen (secondary N) is 1. The highest BCUT2D eigenvalue weighted by molar-refractivity contribution is 7.86. The molecule has 2 aliphatic carbocycles. The maximum Gasteiger partial charge on any atom is 0.435 e. The van der Waals surface area contributed by atoms with Crippen LogP contribution in [-0.2, 0) is 69.4 Å². The van der Waals surface area contributed by atoms with E-state index in [1.54, 1.807) is 13.8 Å². The van der Waals surface area contributed by atoms with Crippen molar-refractivity contribution >= 4 is 62.4 Å². The fraction of sp³-hybridized carbons (Fsp3) is 0.444. The number of benzene rings is 2. The Kier molecular flexibility index (Phi) is 17.4. The van der Waals surface area contributed by atoms with Crippen LogP contribution in [0.3, 0.4) is 0 Å². The molecule has 3 atom stereocenters. The summed E-state index contributed by atoms with van der Waals surface area (Å²) in [6.45, 7) is 4.05. The van der Waals surface area contributed by atoms with Gasteiger partial charge in [-0.1, -0.05) is 43.9 Å². The molecule has 380 valence electrons. The third-order valence-electron chi connectivity index (χ3n) is 11.0. The van der Waals surface area contributed by atoms with Crippen LogP contribution >= 0.6 is 11.6 Å². The van der Waals surface area contributed by atoms with Crippen molar-refractivity contribution in [3.05, 3.63) is 93.0 Å². The van der Waals surface area contributed by atoms with Crippen LogP contribution in [0.1, 0.15) is 93.3 Å². The standard InChI is InChI=1S/C39H32ClF10N7O4S2.C4H9N.C2H6/c1-36(2,62(3)60)11-9-23-5-6-24(25-7-8-27(40)30-32(25)56(18-38(45,46)47)54-35(30)57(19-58)63(4)61)31(51-23)28(15-20-13-21(41)16-22(42)14-20)52-29(59)17-55-34-26(10-12-37(34,43)44)33(53-55)39(48,49)50;5-4-2-1-3-4;1-2/h5-8,13-14,16,19,28H,10,12,15,17-18H2,1-4H3,(H,52,59);4H,1-3,5H2;1-2H3. The van der Waals surface area contributed by atoms with Crippen molar-refractivity contribution in [2.24, 2.45) is 5.73 Å². The van der Waals surface area contributed by atoms with Gasteiger partial charge in [0, 0.05) is 58.5 Å². The van der Waals surface area contributed by atoms with Crippen molar-refractivity contribution in [2.45, 2.75) is 114 Å². The molecule has 12 nitrogen and oxygen atoms in total. The van der Waals surface area contributed by atoms with Crippen LogP contribution in [0, 0.1) is 23.5 Å². The zero-order valence-electron chi connectivity index (χ0n) is 38.3. The fourth-order valence-corrected chi connectivity index (χ4v) is 8.28. The topological polar surface area (TPSA) is 158 Å². The van der Waals surface area contributed by atoms with E-state index < -0.39 is 129 Å². The Hall–Kier alpha value is -5.38. The van der Waals surface area contributed by atoms with Crippen LogP contribution in [0.5, 0.6) is 0 Å². The second kappa shape index (κ2) is 21.9. The molecule has 5 aromatic rings. The molecule has 7 rings (SSSR count). The van der Waals surface area contributed by atoms with Crippen molar-refractivity contribution in [3.8, 4) is 23.0 Å². The first-order chi connectivity index (χ1) is 32.6. The zero-order valence-corrected chi connectivity index (χ0v) is 40.7. The molecule has 1 fully saturated rings. The summed E-state index contributed by atoms with van der Waals surface area (Å²) in [7, 11) is -3.72. The highest BCUT2D eigenvalue weighted by Crippen LogP contribution is 2.47. The molecule has 70 heavy (non-hydrogen) atoms. The summed E-state index contributed by atoms with van der Waals surface area (Å²) in [4.78, 5) is 30.6. The second-order valence-corrected chi connectivity index (χ2v) is 20.0. The molecular weight excluding hydrogens is 1010 g/mol. The van der Waals surface area contributed by atoms with Gasteiger partial charge >= 0.3 is 12.4 Å². The molecule has 0 aliphatic heterocycles. The van der Waals surface area contributed by atoms with Gasteiger partial charge in [0.15, 0.2) is 11.5 Å². The van der Waals surface area contributed by atoms with E-state index in [2.05, 4.69) is 32.3 Å². The number of anilines is 1. The Morgan fingerprint density at radius 1 is 1.00 bits per heavy atom. The summed E-state index contributed by atoms with van der Waals surface area (Å²) in [5, 5.41) is 9.18. The first kappa shape index (κ1) is 55.5. The molecule has 3 aromatic heterocycles. The van der Waals surface area contributed by atoms with Crippen LogP contribution in [0.4, 0.5) is 49.7 Å². The number of alkyl halides is 8. The number of halogens is 11. The molecule has 2 aliphatic rings. The van der Waals surface area contributed by atoms with Gasteiger partial charge in [-0.25, -0.2) is 22.3 Å². The summed E-state index contributed by atoms with van der Waals surface area (Å²) in [6.07, 6.45) is -6.06. The van der Waals surface area contributed by atoms with Gasteiger partial charge in [0.05, 0.1) is 27.7 Å². The van der Waals surface area contributed by atoms with Crippen molar-refractivity contribution in [1.29, 1.82) is 0 Å². The third-order valence-corrected chi connectivity index (χ3v) is 13.7. The maximum absolute atomic E-state index is 15.0. The number of fused-ring (bicyclic) bond motifs is 2. The lowest BCUT2D eigenvalue weighted by Gasteiger charge is -2.23. The molecule has 1 saturated carbocycles. The van der Waals surface area contributed by atoms with E-state index in [4.69, 9.17) is 17.3 Å². The van der Waals surface area contributed by atoms with Crippen LogP contribution in [-0.4, -0.2) is 74.8 Å². The lowest BCUT2D eigenvalue weighted by molar-refractivity contribution is -0.143. The number of hydrogen-bond acceptors (Lipinski definition) is 8. The molecule has 0 spiro atoms. The van der Waals surface area contributed by atoms with Gasteiger partial charge < -0.3 is 11.1 Å². The second-order valence-electron chi connectivity index (χ2n) is 16.4. The van der Waals surface area contributed by atoms with Crippen LogP contribution in [0.25, 0.3) is 22.0 Å². The Bertz CT molecular complexity index is 2850.